The summed E-state index contributed by atoms with van der Waals surface area (Å²) in [6.07, 6.45) is 3.47. The third kappa shape index (κ3) is 4.93. The molecule has 1 aromatic heterocycles. The van der Waals surface area contributed by atoms with E-state index >= 15 is 0 Å². The van der Waals surface area contributed by atoms with Gasteiger partial charge in [-0.25, -0.2) is 12.8 Å². The van der Waals surface area contributed by atoms with Crippen molar-refractivity contribution in [2.75, 3.05) is 32.7 Å². The number of aromatic nitrogens is 1. The average Bonchev–Trinajstić information content (AvgIpc) is 3.28. The molecule has 0 aliphatic carbocycles. The quantitative estimate of drug-likeness (QED) is 0.368. The fourth-order valence-electron chi connectivity index (χ4n) is 5.20. The summed E-state index contributed by atoms with van der Waals surface area (Å²) in [7, 11) is -3.66. The number of benzene rings is 2. The Kier molecular flexibility index (Phi) is 6.56. The normalized spacial score (nSPS) is 19.3. The predicted molar refractivity (Wildman–Crippen MR) is 127 cm³/mol. The van der Waals surface area contributed by atoms with Crippen molar-refractivity contribution in [2.45, 2.75) is 36.5 Å². The van der Waals surface area contributed by atoms with Crippen LogP contribution >= 0.6 is 0 Å². The molecular weight excluding hydrogens is 475 g/mol. The molecule has 5 rings (SSSR count). The number of fused-ring (bicyclic) bond motifs is 1. The smallest absolute Gasteiger partial charge is 0.269 e. The van der Waals surface area contributed by atoms with E-state index < -0.39 is 14.9 Å². The van der Waals surface area contributed by atoms with Crippen LogP contribution in [0.1, 0.15) is 37.3 Å². The monoisotopic (exact) mass is 502 g/mol. The molecule has 0 bridgehead atoms. The third-order valence-electron chi connectivity index (χ3n) is 7.21. The molecule has 2 saturated heterocycles. The molecule has 2 aliphatic heterocycles. The summed E-state index contributed by atoms with van der Waals surface area (Å²) in [5, 5.41) is 15.9. The Balaban J connectivity index is 1.12. The van der Waals surface area contributed by atoms with E-state index in [0.717, 1.165) is 56.4 Å². The Morgan fingerprint density at radius 1 is 1.03 bits per heavy atom. The van der Waals surface area contributed by atoms with Gasteiger partial charge in [0.15, 0.2) is 5.58 Å². The number of hydrogen-bond donors (Lipinski definition) is 0. The second-order valence-corrected chi connectivity index (χ2v) is 11.3. The Morgan fingerprint density at radius 2 is 1.71 bits per heavy atom. The maximum absolute atomic E-state index is 13.4. The molecule has 11 heteroatoms. The summed E-state index contributed by atoms with van der Waals surface area (Å²) in [4.78, 5) is 12.8. The van der Waals surface area contributed by atoms with Gasteiger partial charge in [0, 0.05) is 49.1 Å². The first-order chi connectivity index (χ1) is 16.8. The number of sulfonamides is 1. The summed E-state index contributed by atoms with van der Waals surface area (Å²) in [6.45, 7) is 3.69. The molecule has 0 unspecified atom stereocenters. The highest BCUT2D eigenvalue weighted by Gasteiger charge is 2.32. The lowest BCUT2D eigenvalue weighted by atomic mass is 9.90. The molecule has 0 atom stereocenters. The standard InChI is InChI=1S/C24H27FN4O5S/c25-19-1-6-22-23(15-19)34-26-24(22)18-9-11-27(12-10-18)16-17-7-13-28(14-8-17)35(32,33)21-4-2-20(3-5-21)29(30)31/h1-6,15,17-18H,7-14,16H2. The molecule has 2 fully saturated rings. The van der Waals surface area contributed by atoms with Crippen LogP contribution in [0.4, 0.5) is 10.1 Å². The number of rotatable bonds is 6. The number of halogens is 1. The van der Waals surface area contributed by atoms with Gasteiger partial charge in [-0.05, 0) is 69.0 Å². The highest BCUT2D eigenvalue weighted by atomic mass is 32.2. The van der Waals surface area contributed by atoms with Gasteiger partial charge < -0.3 is 9.42 Å². The van der Waals surface area contributed by atoms with Crippen molar-refractivity contribution in [3.05, 3.63) is 64.1 Å². The number of piperidine rings is 2. The Hall–Kier alpha value is -2.89. The van der Waals surface area contributed by atoms with Crippen LogP contribution in [-0.4, -0.2) is 60.4 Å². The zero-order valence-electron chi connectivity index (χ0n) is 19.2. The lowest BCUT2D eigenvalue weighted by Crippen LogP contribution is -2.43. The summed E-state index contributed by atoms with van der Waals surface area (Å²) in [5.74, 6) is 0.374. The number of nitrogens with zero attached hydrogens (tertiary/aromatic N) is 4. The second kappa shape index (κ2) is 9.63. The van der Waals surface area contributed by atoms with E-state index in [1.165, 1.54) is 40.7 Å². The van der Waals surface area contributed by atoms with E-state index in [-0.39, 0.29) is 22.3 Å². The highest BCUT2D eigenvalue weighted by molar-refractivity contribution is 7.89. The van der Waals surface area contributed by atoms with Gasteiger partial charge >= 0.3 is 0 Å². The second-order valence-electron chi connectivity index (χ2n) is 9.38. The average molecular weight is 503 g/mol. The van der Waals surface area contributed by atoms with Crippen molar-refractivity contribution < 1.29 is 22.3 Å². The number of nitro benzene ring substituents is 1. The fraction of sp³-hybridized carbons (Fsp3) is 0.458. The van der Waals surface area contributed by atoms with E-state index in [2.05, 4.69) is 10.1 Å². The summed E-state index contributed by atoms with van der Waals surface area (Å²) >= 11 is 0. The van der Waals surface area contributed by atoms with E-state index in [0.29, 0.717) is 24.6 Å². The van der Waals surface area contributed by atoms with Crippen LogP contribution in [0, 0.1) is 21.8 Å². The van der Waals surface area contributed by atoms with Crippen molar-refractivity contribution >= 4 is 26.7 Å². The number of nitro groups is 1. The lowest BCUT2D eigenvalue weighted by molar-refractivity contribution is -0.384. The molecule has 2 aromatic carbocycles. The SMILES string of the molecule is O=[N+]([O-])c1ccc(S(=O)(=O)N2CCC(CN3CCC(c4noc5cc(F)ccc45)CC3)CC2)cc1. The van der Waals surface area contributed by atoms with Gasteiger partial charge in [0.1, 0.15) is 5.82 Å². The van der Waals surface area contributed by atoms with Crippen LogP contribution in [0.5, 0.6) is 0 Å². The molecule has 35 heavy (non-hydrogen) atoms. The highest BCUT2D eigenvalue weighted by Crippen LogP contribution is 2.34. The molecule has 9 nitrogen and oxygen atoms in total. The van der Waals surface area contributed by atoms with Crippen LogP contribution in [0.15, 0.2) is 51.9 Å². The first-order valence-electron chi connectivity index (χ1n) is 11.8. The van der Waals surface area contributed by atoms with Crippen LogP contribution in [-0.2, 0) is 10.0 Å². The Morgan fingerprint density at radius 3 is 2.37 bits per heavy atom. The minimum Gasteiger partial charge on any atom is -0.356 e. The molecule has 3 aromatic rings. The maximum Gasteiger partial charge on any atom is 0.269 e. The molecule has 2 aliphatic rings. The number of likely N-dealkylation sites (tertiary alicyclic amines) is 1. The van der Waals surface area contributed by atoms with Crippen LogP contribution in [0.25, 0.3) is 11.0 Å². The van der Waals surface area contributed by atoms with Gasteiger partial charge in [0.2, 0.25) is 10.0 Å². The van der Waals surface area contributed by atoms with Crippen LogP contribution in [0.3, 0.4) is 0 Å². The first kappa shape index (κ1) is 23.8. The van der Waals surface area contributed by atoms with Crippen LogP contribution in [0.2, 0.25) is 0 Å². The molecule has 3 heterocycles. The summed E-state index contributed by atoms with van der Waals surface area (Å²) in [5.41, 5.74) is 1.26. The zero-order valence-corrected chi connectivity index (χ0v) is 20.0. The summed E-state index contributed by atoms with van der Waals surface area (Å²) < 4.78 is 46.1. The number of non-ortho nitro benzene ring substituents is 1. The molecule has 0 N–H and O–H groups in total. The van der Waals surface area contributed by atoms with Crippen molar-refractivity contribution in [3.63, 3.8) is 0 Å². The van der Waals surface area contributed by atoms with Gasteiger partial charge in [-0.1, -0.05) is 5.16 Å². The maximum atomic E-state index is 13.4. The zero-order chi connectivity index (χ0) is 24.6. The van der Waals surface area contributed by atoms with Crippen molar-refractivity contribution in [3.8, 4) is 0 Å². The lowest BCUT2D eigenvalue weighted by Gasteiger charge is -2.37. The van der Waals surface area contributed by atoms with Crippen molar-refractivity contribution in [1.82, 2.24) is 14.4 Å². The van der Waals surface area contributed by atoms with Crippen LogP contribution < -0.4 is 0 Å². The van der Waals surface area contributed by atoms with Crippen molar-refractivity contribution in [1.29, 1.82) is 0 Å². The van der Waals surface area contributed by atoms with Gasteiger partial charge in [0.05, 0.1) is 15.5 Å². The third-order valence-corrected chi connectivity index (χ3v) is 9.12. The van der Waals surface area contributed by atoms with E-state index in [1.54, 1.807) is 6.07 Å². The predicted octanol–water partition coefficient (Wildman–Crippen LogP) is 4.16. The molecule has 0 spiro atoms. The Bertz CT molecular complexity index is 1310. The largest absolute Gasteiger partial charge is 0.356 e. The topological polar surface area (TPSA) is 110 Å². The minimum absolute atomic E-state index is 0.0896. The van der Waals surface area contributed by atoms with Gasteiger partial charge in [-0.15, -0.1) is 0 Å². The van der Waals surface area contributed by atoms with Crippen molar-refractivity contribution in [2.24, 2.45) is 5.92 Å². The molecule has 0 amide bonds. The molecular formula is C24H27FN4O5S. The molecule has 0 radical (unpaired) electrons. The number of hydrogen-bond acceptors (Lipinski definition) is 7. The fourth-order valence-corrected chi connectivity index (χ4v) is 6.67. The molecule has 0 saturated carbocycles. The minimum atomic E-state index is -3.66. The van der Waals surface area contributed by atoms with Gasteiger partial charge in [-0.3, -0.25) is 10.1 Å². The summed E-state index contributed by atoms with van der Waals surface area (Å²) in [6, 6.07) is 9.60. The van der Waals surface area contributed by atoms with E-state index in [4.69, 9.17) is 4.52 Å². The molecule has 186 valence electrons. The Labute approximate surface area is 202 Å². The van der Waals surface area contributed by atoms with E-state index in [1.807, 2.05) is 0 Å². The van der Waals surface area contributed by atoms with Gasteiger partial charge in [0.25, 0.3) is 5.69 Å². The van der Waals surface area contributed by atoms with Gasteiger partial charge in [-0.2, -0.15) is 4.31 Å². The van der Waals surface area contributed by atoms with E-state index in [9.17, 15) is 22.9 Å². The first-order valence-corrected chi connectivity index (χ1v) is 13.3.